The number of aromatic nitrogens is 12. The molecule has 4 aromatic carbocycles. The second kappa shape index (κ2) is 26.8. The predicted molar refractivity (Wildman–Crippen MR) is 338 cm³/mol. The molecule has 0 bridgehead atoms. The van der Waals surface area contributed by atoms with Crippen LogP contribution >= 0.6 is 23.2 Å². The number of hydrogen-bond acceptors (Lipinski definition) is 12. The van der Waals surface area contributed by atoms with Gasteiger partial charge >= 0.3 is 0 Å². The van der Waals surface area contributed by atoms with E-state index in [1.54, 1.807) is 18.3 Å². The summed E-state index contributed by atoms with van der Waals surface area (Å²) in [4.78, 5) is 17.0. The fourth-order valence-electron chi connectivity index (χ4n) is 11.9. The topological polar surface area (TPSA) is 160 Å². The minimum atomic E-state index is -0.241. The molecule has 19 heteroatoms. The van der Waals surface area contributed by atoms with Gasteiger partial charge in [0.2, 0.25) is 0 Å². The van der Waals surface area contributed by atoms with Crippen LogP contribution in [0, 0.1) is 12.7 Å². The van der Waals surface area contributed by atoms with Crippen LogP contribution in [-0.2, 0) is 18.9 Å². The van der Waals surface area contributed by atoms with Gasteiger partial charge in [0, 0.05) is 150 Å². The van der Waals surface area contributed by atoms with Gasteiger partial charge in [0.05, 0.1) is 52.8 Å². The van der Waals surface area contributed by atoms with E-state index in [0.717, 1.165) is 196 Å². The van der Waals surface area contributed by atoms with E-state index in [1.807, 2.05) is 110 Å². The second-order valence-electron chi connectivity index (χ2n) is 22.2. The zero-order valence-corrected chi connectivity index (χ0v) is 49.7. The molecule has 0 spiro atoms. The molecule has 12 heterocycles. The molecule has 0 N–H and O–H groups in total. The van der Waals surface area contributed by atoms with Crippen LogP contribution in [-0.4, -0.2) is 112 Å². The minimum absolute atomic E-state index is 0.241. The van der Waals surface area contributed by atoms with Crippen molar-refractivity contribution in [3.05, 3.63) is 192 Å². The first-order chi connectivity index (χ1) is 42.8. The zero-order valence-electron chi connectivity index (χ0n) is 48.2. The fourth-order valence-corrected chi connectivity index (χ4v) is 12.2. The smallest absolute Gasteiger partial charge is 0.123 e. The first-order valence-electron chi connectivity index (χ1n) is 29.8. The molecule has 12 aromatic rings. The van der Waals surface area contributed by atoms with E-state index in [4.69, 9.17) is 62.5 Å². The summed E-state index contributed by atoms with van der Waals surface area (Å²) in [6, 6.07) is 40.1. The molecular formula is C68H65Cl2FN12O4. The average molecular weight is 1200 g/mol. The highest BCUT2D eigenvalue weighted by atomic mass is 35.5. The molecule has 4 saturated heterocycles. The molecule has 8 aromatic heterocycles. The summed E-state index contributed by atoms with van der Waals surface area (Å²) in [5.74, 6) is -0.241. The van der Waals surface area contributed by atoms with Crippen molar-refractivity contribution in [2.24, 2.45) is 0 Å². The van der Waals surface area contributed by atoms with Crippen molar-refractivity contribution in [3.63, 3.8) is 0 Å². The summed E-state index contributed by atoms with van der Waals surface area (Å²) in [6.45, 7) is 8.39. The van der Waals surface area contributed by atoms with Crippen LogP contribution in [0.25, 0.3) is 88.6 Å². The van der Waals surface area contributed by atoms with Gasteiger partial charge in [-0.25, -0.2) is 4.39 Å². The summed E-state index contributed by atoms with van der Waals surface area (Å²) in [6.07, 6.45) is 21.7. The van der Waals surface area contributed by atoms with Crippen LogP contribution in [0.2, 0.25) is 10.0 Å². The molecule has 4 aliphatic heterocycles. The van der Waals surface area contributed by atoms with Crippen LogP contribution in [0.4, 0.5) is 4.39 Å². The summed E-state index contributed by atoms with van der Waals surface area (Å²) in [5.41, 5.74) is 13.7. The summed E-state index contributed by atoms with van der Waals surface area (Å²) in [7, 11) is 0. The summed E-state index contributed by atoms with van der Waals surface area (Å²) < 4.78 is 43.5. The SMILES string of the molecule is Cc1ccc(-c2nn(C3CCOCC3)c3ccncc23)cc1.Clc1ccc(-c2nn(C3CCOC3)c3ccncc23)cc1.Clc1ccc(-c2nn(C3CCOCC3)c3ccncc23)cc1.Fc1ccc(-c2nn(C3CCOCC3)c3ccncc23)cc1. The molecule has 16 nitrogen and oxygen atoms in total. The Hall–Kier alpha value is -8.29. The number of hydrogen-bond donors (Lipinski definition) is 0. The number of benzene rings is 4. The molecule has 0 aliphatic carbocycles. The molecule has 0 saturated carbocycles. The molecule has 1 unspecified atom stereocenters. The molecule has 0 radical (unpaired) electrons. The molecule has 16 rings (SSSR count). The van der Waals surface area contributed by atoms with Crippen LogP contribution in [0.15, 0.2) is 171 Å². The zero-order chi connectivity index (χ0) is 59.1. The molecule has 87 heavy (non-hydrogen) atoms. The van der Waals surface area contributed by atoms with Crippen LogP contribution < -0.4 is 0 Å². The maximum absolute atomic E-state index is 13.2. The first-order valence-corrected chi connectivity index (χ1v) is 30.5. The van der Waals surface area contributed by atoms with Crippen molar-refractivity contribution in [3.8, 4) is 45.0 Å². The fraction of sp³-hybridized carbons (Fsp3) is 0.294. The van der Waals surface area contributed by atoms with Crippen molar-refractivity contribution >= 4 is 66.8 Å². The Bertz CT molecular complexity index is 3920. The van der Waals surface area contributed by atoms with Crippen molar-refractivity contribution in [2.45, 2.75) is 76.0 Å². The lowest BCUT2D eigenvalue weighted by Gasteiger charge is -2.23. The third kappa shape index (κ3) is 12.8. The van der Waals surface area contributed by atoms with E-state index in [9.17, 15) is 4.39 Å². The lowest BCUT2D eigenvalue weighted by Crippen LogP contribution is -2.20. The van der Waals surface area contributed by atoms with Crippen molar-refractivity contribution < 1.29 is 23.3 Å². The number of fused-ring (bicyclic) bond motifs is 4. The van der Waals surface area contributed by atoms with E-state index in [0.29, 0.717) is 24.2 Å². The van der Waals surface area contributed by atoms with E-state index in [1.165, 1.54) is 17.7 Å². The Kier molecular flexibility index (Phi) is 17.8. The van der Waals surface area contributed by atoms with E-state index in [-0.39, 0.29) is 5.82 Å². The third-order valence-corrected chi connectivity index (χ3v) is 17.1. The Morgan fingerprint density at radius 3 is 0.943 bits per heavy atom. The maximum Gasteiger partial charge on any atom is 0.123 e. The van der Waals surface area contributed by atoms with Crippen molar-refractivity contribution in [1.82, 2.24) is 59.1 Å². The largest absolute Gasteiger partial charge is 0.381 e. The van der Waals surface area contributed by atoms with Gasteiger partial charge in [0.15, 0.2) is 0 Å². The van der Waals surface area contributed by atoms with Gasteiger partial charge in [-0.05, 0) is 125 Å². The monoisotopic (exact) mass is 1200 g/mol. The highest BCUT2D eigenvalue weighted by molar-refractivity contribution is 6.31. The molecule has 4 aliphatic rings. The third-order valence-electron chi connectivity index (χ3n) is 16.6. The maximum atomic E-state index is 13.2. The van der Waals surface area contributed by atoms with Gasteiger partial charge in [-0.3, -0.25) is 38.7 Å². The van der Waals surface area contributed by atoms with Gasteiger partial charge in [0.25, 0.3) is 0 Å². The van der Waals surface area contributed by atoms with Crippen LogP contribution in [0.1, 0.15) is 74.7 Å². The molecular weight excluding hydrogens is 1140 g/mol. The Labute approximate surface area is 512 Å². The normalized spacial score (nSPS) is 16.8. The predicted octanol–water partition coefficient (Wildman–Crippen LogP) is 15.2. The first kappa shape index (κ1) is 57.8. The van der Waals surface area contributed by atoms with Gasteiger partial charge < -0.3 is 18.9 Å². The summed E-state index contributed by atoms with van der Waals surface area (Å²) >= 11 is 12.0. The van der Waals surface area contributed by atoms with Crippen molar-refractivity contribution in [2.75, 3.05) is 52.9 Å². The highest BCUT2D eigenvalue weighted by Crippen LogP contribution is 2.37. The number of ether oxygens (including phenoxy) is 4. The number of aryl methyl sites for hydroxylation is 1. The Balaban J connectivity index is 0.000000107. The molecule has 0 amide bonds. The molecule has 442 valence electrons. The molecule has 1 atom stereocenters. The van der Waals surface area contributed by atoms with E-state index >= 15 is 0 Å². The van der Waals surface area contributed by atoms with Crippen LogP contribution in [0.3, 0.4) is 0 Å². The number of nitrogens with zero attached hydrogens (tertiary/aromatic N) is 12. The van der Waals surface area contributed by atoms with E-state index in [2.05, 4.69) is 75.9 Å². The minimum Gasteiger partial charge on any atom is -0.381 e. The number of rotatable bonds is 8. The lowest BCUT2D eigenvalue weighted by atomic mass is 10.1. The quantitative estimate of drug-likeness (QED) is 0.142. The van der Waals surface area contributed by atoms with Gasteiger partial charge in [0.1, 0.15) is 28.6 Å². The summed E-state index contributed by atoms with van der Waals surface area (Å²) in [5, 5.41) is 25.2. The Morgan fingerprint density at radius 1 is 0.356 bits per heavy atom. The second-order valence-corrected chi connectivity index (χ2v) is 23.1. The van der Waals surface area contributed by atoms with Crippen LogP contribution in [0.5, 0.6) is 0 Å². The van der Waals surface area contributed by atoms with Gasteiger partial charge in [-0.15, -0.1) is 0 Å². The number of pyridine rings is 4. The van der Waals surface area contributed by atoms with Crippen molar-refractivity contribution in [1.29, 1.82) is 0 Å². The molecule has 4 fully saturated rings. The average Bonchev–Trinajstić information content (AvgIpc) is 2.55. The van der Waals surface area contributed by atoms with Gasteiger partial charge in [-0.2, -0.15) is 20.4 Å². The lowest BCUT2D eigenvalue weighted by molar-refractivity contribution is 0.0674. The Morgan fingerprint density at radius 2 is 0.632 bits per heavy atom. The highest BCUT2D eigenvalue weighted by Gasteiger charge is 2.26. The standard InChI is InChI=1S/C18H19N3O.C17H16ClN3O.C17H16FN3O.C16H14ClN3O/c1-13-2-4-14(5-3-13)18-16-12-19-9-6-17(16)21(20-18)15-7-10-22-11-8-15;2*18-13-3-1-12(2-4-13)17-15-11-19-8-5-16(15)21(20-17)14-6-9-22-10-7-14;17-12-3-1-11(2-4-12)16-14-9-18-7-5-15(14)20(19-16)13-6-8-21-10-13/h2-6,9,12,15H,7-8,10-11H2,1H3;2*1-5,8,11,14H,6-7,9-10H2;1-5,7,9,13H,6,8,10H2. The number of halogens is 3. The van der Waals surface area contributed by atoms with E-state index < -0.39 is 0 Å². The van der Waals surface area contributed by atoms with Gasteiger partial charge in [-0.1, -0.05) is 77.3 Å².